The first kappa shape index (κ1) is 26.1. The summed E-state index contributed by atoms with van der Waals surface area (Å²) in [7, 11) is 2.15. The lowest BCUT2D eigenvalue weighted by atomic mass is 10.2. The summed E-state index contributed by atoms with van der Waals surface area (Å²) >= 11 is 0. The van der Waals surface area contributed by atoms with E-state index in [1.54, 1.807) is 0 Å². The molecule has 0 atom stereocenters. The van der Waals surface area contributed by atoms with Gasteiger partial charge in [-0.2, -0.15) is 0 Å². The van der Waals surface area contributed by atoms with Crippen molar-refractivity contribution in [3.8, 4) is 0 Å². The third-order valence-corrected chi connectivity index (χ3v) is 4.13. The number of ether oxygens (including phenoxy) is 1. The van der Waals surface area contributed by atoms with Crippen molar-refractivity contribution < 1.29 is 4.74 Å². The van der Waals surface area contributed by atoms with Crippen LogP contribution in [-0.2, 0) is 4.74 Å². The van der Waals surface area contributed by atoms with E-state index in [0.717, 1.165) is 19.7 Å². The molecule has 2 rings (SSSR count). The Morgan fingerprint density at radius 2 is 1.38 bits per heavy atom. The Balaban J connectivity index is 0. The van der Waals surface area contributed by atoms with Gasteiger partial charge in [-0.15, -0.1) is 0 Å². The normalized spacial score (nSPS) is 19.5. The summed E-state index contributed by atoms with van der Waals surface area (Å²) in [5, 5.41) is 0. The lowest BCUT2D eigenvalue weighted by Crippen LogP contribution is -2.49. The summed E-state index contributed by atoms with van der Waals surface area (Å²) in [6.45, 7) is 24.9. The maximum Gasteiger partial charge on any atom is 0.0828 e. The highest BCUT2D eigenvalue weighted by Gasteiger charge is 2.23. The van der Waals surface area contributed by atoms with E-state index in [2.05, 4.69) is 28.7 Å². The third-order valence-electron chi connectivity index (χ3n) is 4.13. The molecule has 0 aliphatic carbocycles. The number of hydrogen-bond donors (Lipinski definition) is 0. The Morgan fingerprint density at radius 1 is 0.833 bits per heavy atom. The molecule has 0 aromatic carbocycles. The first-order valence-electron chi connectivity index (χ1n) is 10.5. The van der Waals surface area contributed by atoms with Gasteiger partial charge in [-0.05, 0) is 39.5 Å². The molecule has 0 radical (unpaired) electrons. The van der Waals surface area contributed by atoms with Gasteiger partial charge in [0.2, 0.25) is 0 Å². The number of likely N-dealkylation sites (N-methyl/N-ethyl adjacent to an activating group) is 2. The van der Waals surface area contributed by atoms with Gasteiger partial charge in [0.1, 0.15) is 0 Å². The molecule has 4 nitrogen and oxygen atoms in total. The molecule has 0 aromatic heterocycles. The van der Waals surface area contributed by atoms with Crippen LogP contribution >= 0.6 is 0 Å². The van der Waals surface area contributed by atoms with Crippen LogP contribution in [0.4, 0.5) is 0 Å². The van der Waals surface area contributed by atoms with Crippen molar-refractivity contribution in [2.75, 3.05) is 66.0 Å². The molecule has 0 unspecified atom stereocenters. The number of hydrogen-bond acceptors (Lipinski definition) is 4. The summed E-state index contributed by atoms with van der Waals surface area (Å²) in [6, 6.07) is 0. The van der Waals surface area contributed by atoms with Crippen LogP contribution in [0.3, 0.4) is 0 Å². The van der Waals surface area contributed by atoms with Crippen LogP contribution in [0, 0.1) is 0 Å². The van der Waals surface area contributed by atoms with Crippen molar-refractivity contribution in [3.05, 3.63) is 0 Å². The van der Waals surface area contributed by atoms with Gasteiger partial charge < -0.3 is 19.4 Å². The number of rotatable bonds is 6. The molecule has 2 heterocycles. The van der Waals surface area contributed by atoms with Gasteiger partial charge in [-0.25, -0.2) is 0 Å². The Kier molecular flexibility index (Phi) is 20.8. The second kappa shape index (κ2) is 19.2. The zero-order valence-electron chi connectivity index (χ0n) is 18.1. The predicted octanol–water partition coefficient (Wildman–Crippen LogP) is 3.81. The summed E-state index contributed by atoms with van der Waals surface area (Å²) in [5.74, 6) is 0. The SMILES string of the molecule is CC.CC.CC.CCN1CCCN(CCCOC2CN(C)C2)CC1. The molecule has 2 aliphatic rings. The van der Waals surface area contributed by atoms with Gasteiger partial charge in [-0.1, -0.05) is 48.5 Å². The monoisotopic (exact) mass is 345 g/mol. The van der Waals surface area contributed by atoms with E-state index in [1.165, 1.54) is 52.1 Å². The van der Waals surface area contributed by atoms with E-state index >= 15 is 0 Å². The van der Waals surface area contributed by atoms with E-state index in [1.807, 2.05) is 41.5 Å². The predicted molar refractivity (Wildman–Crippen MR) is 109 cm³/mol. The van der Waals surface area contributed by atoms with Crippen LogP contribution in [0.2, 0.25) is 0 Å². The van der Waals surface area contributed by atoms with Crippen LogP contribution in [-0.4, -0.2) is 86.8 Å². The summed E-state index contributed by atoms with van der Waals surface area (Å²) in [5.41, 5.74) is 0. The van der Waals surface area contributed by atoms with Crippen molar-refractivity contribution >= 4 is 0 Å². The van der Waals surface area contributed by atoms with E-state index < -0.39 is 0 Å². The summed E-state index contributed by atoms with van der Waals surface area (Å²) < 4.78 is 5.83. The van der Waals surface area contributed by atoms with Gasteiger partial charge in [0.15, 0.2) is 0 Å². The fourth-order valence-corrected chi connectivity index (χ4v) is 2.85. The van der Waals surface area contributed by atoms with Gasteiger partial charge in [0.25, 0.3) is 0 Å². The Labute approximate surface area is 153 Å². The minimum Gasteiger partial charge on any atom is -0.376 e. The largest absolute Gasteiger partial charge is 0.376 e. The maximum atomic E-state index is 5.83. The van der Waals surface area contributed by atoms with Crippen molar-refractivity contribution in [1.29, 1.82) is 0 Å². The molecule has 0 N–H and O–H groups in total. The van der Waals surface area contributed by atoms with Crippen LogP contribution in [0.15, 0.2) is 0 Å². The summed E-state index contributed by atoms with van der Waals surface area (Å²) in [4.78, 5) is 7.46. The minimum atomic E-state index is 0.509. The van der Waals surface area contributed by atoms with Crippen LogP contribution in [0.25, 0.3) is 0 Å². The van der Waals surface area contributed by atoms with Crippen LogP contribution in [0.5, 0.6) is 0 Å². The Hall–Kier alpha value is -0.160. The molecule has 0 spiro atoms. The van der Waals surface area contributed by atoms with Gasteiger partial charge >= 0.3 is 0 Å². The molecule has 148 valence electrons. The Morgan fingerprint density at radius 3 is 1.92 bits per heavy atom. The van der Waals surface area contributed by atoms with Crippen LogP contribution in [0.1, 0.15) is 61.3 Å². The summed E-state index contributed by atoms with van der Waals surface area (Å²) in [6.07, 6.45) is 3.02. The lowest BCUT2D eigenvalue weighted by Gasteiger charge is -2.35. The average molecular weight is 346 g/mol. The average Bonchev–Trinajstić information content (AvgIpc) is 2.87. The highest BCUT2D eigenvalue weighted by Crippen LogP contribution is 2.09. The van der Waals surface area contributed by atoms with E-state index in [-0.39, 0.29) is 0 Å². The third kappa shape index (κ3) is 12.2. The number of nitrogens with zero attached hydrogens (tertiary/aromatic N) is 3. The van der Waals surface area contributed by atoms with Crippen molar-refractivity contribution in [3.63, 3.8) is 0 Å². The zero-order valence-corrected chi connectivity index (χ0v) is 18.1. The van der Waals surface area contributed by atoms with Crippen LogP contribution < -0.4 is 0 Å². The van der Waals surface area contributed by atoms with Gasteiger partial charge in [-0.3, -0.25) is 0 Å². The second-order valence-corrected chi connectivity index (χ2v) is 5.70. The van der Waals surface area contributed by atoms with E-state index in [9.17, 15) is 0 Å². The molecule has 0 saturated carbocycles. The topological polar surface area (TPSA) is 19.0 Å². The first-order chi connectivity index (χ1) is 11.8. The molecule has 2 saturated heterocycles. The highest BCUT2D eigenvalue weighted by atomic mass is 16.5. The van der Waals surface area contributed by atoms with Gasteiger partial charge in [0.05, 0.1) is 6.10 Å². The fourth-order valence-electron chi connectivity index (χ4n) is 2.85. The second-order valence-electron chi connectivity index (χ2n) is 5.70. The molecular weight excluding hydrogens is 298 g/mol. The fraction of sp³-hybridized carbons (Fsp3) is 1.00. The highest BCUT2D eigenvalue weighted by molar-refractivity contribution is 4.77. The van der Waals surface area contributed by atoms with Crippen molar-refractivity contribution in [2.45, 2.75) is 67.4 Å². The van der Waals surface area contributed by atoms with Crippen molar-refractivity contribution in [1.82, 2.24) is 14.7 Å². The molecule has 0 amide bonds. The van der Waals surface area contributed by atoms with Gasteiger partial charge in [0, 0.05) is 39.3 Å². The first-order valence-corrected chi connectivity index (χ1v) is 10.5. The molecule has 4 heteroatoms. The van der Waals surface area contributed by atoms with Crippen molar-refractivity contribution in [2.24, 2.45) is 0 Å². The molecule has 2 fully saturated rings. The molecule has 24 heavy (non-hydrogen) atoms. The zero-order chi connectivity index (χ0) is 18.8. The lowest BCUT2D eigenvalue weighted by molar-refractivity contribution is -0.0452. The number of likely N-dealkylation sites (tertiary alicyclic amines) is 1. The smallest absolute Gasteiger partial charge is 0.0828 e. The molecule has 0 aromatic rings. The standard InChI is InChI=1S/C14H29N3O.3C2H6/c1-3-16-6-4-7-17(10-9-16)8-5-11-18-14-12-15(2)13-14;3*1-2/h14H,3-13H2,1-2H3;3*1-2H3. The maximum absolute atomic E-state index is 5.83. The van der Waals surface area contributed by atoms with E-state index in [4.69, 9.17) is 4.74 Å². The quantitative estimate of drug-likeness (QED) is 0.681. The van der Waals surface area contributed by atoms with E-state index in [0.29, 0.717) is 6.10 Å². The molecular formula is C20H47N3O. The molecule has 0 bridgehead atoms. The Bertz CT molecular complexity index is 233. The minimum absolute atomic E-state index is 0.509. The molecule has 2 aliphatic heterocycles.